The maximum absolute atomic E-state index is 12.4. The molecule has 1 aliphatic heterocycles. The van der Waals surface area contributed by atoms with Gasteiger partial charge in [-0.3, -0.25) is 0 Å². The van der Waals surface area contributed by atoms with Crippen LogP contribution in [0.15, 0.2) is 54.6 Å². The van der Waals surface area contributed by atoms with Crippen LogP contribution in [0.2, 0.25) is 0 Å². The smallest absolute Gasteiger partial charge is 0.410 e. The van der Waals surface area contributed by atoms with E-state index in [0.29, 0.717) is 18.2 Å². The number of nitrogens with zero attached hydrogens (tertiary/aromatic N) is 2. The first-order valence-corrected chi connectivity index (χ1v) is 8.98. The number of carbonyl (C=O) groups excluding carboxylic acids is 1. The fourth-order valence-electron chi connectivity index (χ4n) is 3.06. The first kappa shape index (κ1) is 15.1. The van der Waals surface area contributed by atoms with Crippen LogP contribution in [-0.2, 0) is 0 Å². The first-order chi connectivity index (χ1) is 11.8. The lowest BCUT2D eigenvalue weighted by Gasteiger charge is -2.30. The van der Waals surface area contributed by atoms with Crippen molar-refractivity contribution in [1.29, 1.82) is 0 Å². The van der Waals surface area contributed by atoms with Crippen molar-refractivity contribution in [3.63, 3.8) is 0 Å². The number of para-hydroxylation sites is 2. The topological polar surface area (TPSA) is 42.4 Å². The zero-order chi connectivity index (χ0) is 16.4. The van der Waals surface area contributed by atoms with Crippen LogP contribution < -0.4 is 4.74 Å². The van der Waals surface area contributed by atoms with Crippen LogP contribution >= 0.6 is 11.3 Å². The number of hydrogen-bond donors (Lipinski definition) is 0. The maximum Gasteiger partial charge on any atom is 0.415 e. The number of piperidine rings is 1. The van der Waals surface area contributed by atoms with E-state index in [-0.39, 0.29) is 6.09 Å². The largest absolute Gasteiger partial charge is 0.415 e. The third kappa shape index (κ3) is 3.12. The van der Waals surface area contributed by atoms with Crippen LogP contribution in [0.5, 0.6) is 5.75 Å². The molecule has 1 amide bonds. The average molecular weight is 338 g/mol. The fourth-order valence-corrected chi connectivity index (χ4v) is 4.16. The molecule has 4 rings (SSSR count). The molecule has 4 nitrogen and oxygen atoms in total. The molecule has 0 bridgehead atoms. The Morgan fingerprint density at radius 3 is 2.75 bits per heavy atom. The Hall–Kier alpha value is -2.40. The van der Waals surface area contributed by atoms with Crippen molar-refractivity contribution in [2.75, 3.05) is 13.1 Å². The highest BCUT2D eigenvalue weighted by Gasteiger charge is 2.28. The van der Waals surface area contributed by atoms with Gasteiger partial charge in [-0.15, -0.1) is 11.3 Å². The Kier molecular flexibility index (Phi) is 4.17. The molecule has 0 radical (unpaired) electrons. The Balaban J connectivity index is 1.48. The van der Waals surface area contributed by atoms with E-state index in [1.54, 1.807) is 28.4 Å². The number of ether oxygens (including phenoxy) is 1. The van der Waals surface area contributed by atoms with E-state index in [9.17, 15) is 4.79 Å². The van der Waals surface area contributed by atoms with Gasteiger partial charge in [0, 0.05) is 19.0 Å². The second-order valence-corrected chi connectivity index (χ2v) is 7.05. The molecule has 0 saturated carbocycles. The van der Waals surface area contributed by atoms with Gasteiger partial charge in [-0.1, -0.05) is 30.3 Å². The molecule has 0 spiro atoms. The molecule has 2 heterocycles. The number of thiazole rings is 1. The molecule has 0 aliphatic carbocycles. The molecular weight excluding hydrogens is 320 g/mol. The van der Waals surface area contributed by atoms with Gasteiger partial charge in [-0.2, -0.15) is 0 Å². The highest BCUT2D eigenvalue weighted by atomic mass is 32.1. The van der Waals surface area contributed by atoms with E-state index in [0.717, 1.165) is 29.9 Å². The standard InChI is InChI=1S/C19H18N2O2S/c22-19(23-15-8-2-1-3-9-15)21-12-6-7-14(13-21)18-20-16-10-4-5-11-17(16)24-18/h1-5,8-11,14H,6-7,12-13H2. The molecule has 1 saturated heterocycles. The normalized spacial score (nSPS) is 17.8. The van der Waals surface area contributed by atoms with Crippen molar-refractivity contribution in [2.24, 2.45) is 0 Å². The van der Waals surface area contributed by atoms with Gasteiger partial charge in [0.25, 0.3) is 0 Å². The Bertz CT molecular complexity index is 814. The average Bonchev–Trinajstić information content (AvgIpc) is 3.07. The Morgan fingerprint density at radius 2 is 1.92 bits per heavy atom. The van der Waals surface area contributed by atoms with Crippen molar-refractivity contribution in [1.82, 2.24) is 9.88 Å². The molecule has 3 aromatic rings. The highest BCUT2D eigenvalue weighted by Crippen LogP contribution is 2.33. The van der Waals surface area contributed by atoms with E-state index in [1.165, 1.54) is 4.70 Å². The number of benzene rings is 2. The molecule has 1 aromatic heterocycles. The molecule has 2 aromatic carbocycles. The van der Waals surface area contributed by atoms with Crippen molar-refractivity contribution in [2.45, 2.75) is 18.8 Å². The summed E-state index contributed by atoms with van der Waals surface area (Å²) in [7, 11) is 0. The minimum atomic E-state index is -0.271. The summed E-state index contributed by atoms with van der Waals surface area (Å²) in [4.78, 5) is 19.0. The minimum absolute atomic E-state index is 0.271. The van der Waals surface area contributed by atoms with E-state index in [4.69, 9.17) is 9.72 Å². The summed E-state index contributed by atoms with van der Waals surface area (Å²) in [6, 6.07) is 17.4. The molecule has 0 N–H and O–H groups in total. The van der Waals surface area contributed by atoms with Crippen molar-refractivity contribution >= 4 is 27.6 Å². The molecule has 24 heavy (non-hydrogen) atoms. The molecule has 5 heteroatoms. The monoisotopic (exact) mass is 338 g/mol. The summed E-state index contributed by atoms with van der Waals surface area (Å²) < 4.78 is 6.67. The zero-order valence-electron chi connectivity index (χ0n) is 13.2. The van der Waals surface area contributed by atoms with Crippen LogP contribution in [0, 0.1) is 0 Å². The quantitative estimate of drug-likeness (QED) is 0.681. The van der Waals surface area contributed by atoms with Gasteiger partial charge >= 0.3 is 6.09 Å². The number of rotatable bonds is 2. The third-order valence-corrected chi connectivity index (χ3v) is 5.49. The van der Waals surface area contributed by atoms with E-state index >= 15 is 0 Å². The number of hydrogen-bond acceptors (Lipinski definition) is 4. The summed E-state index contributed by atoms with van der Waals surface area (Å²) in [5.41, 5.74) is 1.04. The summed E-state index contributed by atoms with van der Waals surface area (Å²) in [6.45, 7) is 1.42. The summed E-state index contributed by atoms with van der Waals surface area (Å²) in [5.74, 6) is 0.879. The van der Waals surface area contributed by atoms with E-state index in [2.05, 4.69) is 6.07 Å². The number of carbonyl (C=O) groups is 1. The summed E-state index contributed by atoms with van der Waals surface area (Å²) in [6.07, 6.45) is 1.77. The zero-order valence-corrected chi connectivity index (χ0v) is 14.0. The number of amides is 1. The predicted octanol–water partition coefficient (Wildman–Crippen LogP) is 4.67. The molecule has 1 fully saturated rings. The van der Waals surface area contributed by atoms with Gasteiger partial charge in [-0.05, 0) is 37.1 Å². The van der Waals surface area contributed by atoms with E-state index in [1.807, 2.05) is 36.4 Å². The van der Waals surface area contributed by atoms with Crippen LogP contribution in [0.25, 0.3) is 10.2 Å². The number of likely N-dealkylation sites (tertiary alicyclic amines) is 1. The molecule has 1 atom stereocenters. The maximum atomic E-state index is 12.4. The molecular formula is C19H18N2O2S. The summed E-state index contributed by atoms with van der Waals surface area (Å²) in [5, 5.41) is 1.12. The lowest BCUT2D eigenvalue weighted by molar-refractivity contribution is 0.137. The van der Waals surface area contributed by atoms with Crippen molar-refractivity contribution in [3.05, 3.63) is 59.6 Å². The fraction of sp³-hybridized carbons (Fsp3) is 0.263. The van der Waals surface area contributed by atoms with Crippen molar-refractivity contribution < 1.29 is 9.53 Å². The number of fused-ring (bicyclic) bond motifs is 1. The first-order valence-electron chi connectivity index (χ1n) is 8.17. The van der Waals surface area contributed by atoms with Gasteiger partial charge in [-0.25, -0.2) is 9.78 Å². The van der Waals surface area contributed by atoms with Gasteiger partial charge in [0.05, 0.1) is 15.2 Å². The Labute approximate surface area is 144 Å². The van der Waals surface area contributed by atoms with Gasteiger partial charge in [0.2, 0.25) is 0 Å². The SMILES string of the molecule is O=C(Oc1ccccc1)N1CCCC(c2nc3ccccc3s2)C1. The second-order valence-electron chi connectivity index (χ2n) is 5.99. The van der Waals surface area contributed by atoms with Crippen LogP contribution in [-0.4, -0.2) is 29.1 Å². The van der Waals surface area contributed by atoms with Gasteiger partial charge in [0.15, 0.2) is 0 Å². The van der Waals surface area contributed by atoms with Crippen LogP contribution in [0.1, 0.15) is 23.8 Å². The van der Waals surface area contributed by atoms with E-state index < -0.39 is 0 Å². The lowest BCUT2D eigenvalue weighted by Crippen LogP contribution is -2.40. The van der Waals surface area contributed by atoms with Crippen LogP contribution in [0.4, 0.5) is 4.79 Å². The number of aromatic nitrogens is 1. The lowest BCUT2D eigenvalue weighted by atomic mass is 9.99. The molecule has 1 unspecified atom stereocenters. The second kappa shape index (κ2) is 6.61. The van der Waals surface area contributed by atoms with Crippen LogP contribution in [0.3, 0.4) is 0 Å². The van der Waals surface area contributed by atoms with Gasteiger partial charge < -0.3 is 9.64 Å². The minimum Gasteiger partial charge on any atom is -0.410 e. The molecule has 122 valence electrons. The van der Waals surface area contributed by atoms with Gasteiger partial charge in [0.1, 0.15) is 5.75 Å². The predicted molar refractivity (Wildman–Crippen MR) is 95.6 cm³/mol. The highest BCUT2D eigenvalue weighted by molar-refractivity contribution is 7.18. The molecule has 1 aliphatic rings. The Morgan fingerprint density at radius 1 is 1.12 bits per heavy atom. The summed E-state index contributed by atoms with van der Waals surface area (Å²) >= 11 is 1.73. The van der Waals surface area contributed by atoms with Crippen molar-refractivity contribution in [3.8, 4) is 5.75 Å². The third-order valence-electron chi connectivity index (χ3n) is 4.29.